The normalized spacial score (nSPS) is 10.8. The first-order valence-corrected chi connectivity index (χ1v) is 5.78. The first-order chi connectivity index (χ1) is 7.08. The molecule has 5 heteroatoms. The van der Waals surface area contributed by atoms with Crippen LogP contribution in [0.5, 0.6) is 5.75 Å². The van der Waals surface area contributed by atoms with E-state index in [-0.39, 0.29) is 0 Å². The van der Waals surface area contributed by atoms with Crippen molar-refractivity contribution in [2.45, 2.75) is 6.54 Å². The molecule has 1 aromatic rings. The van der Waals surface area contributed by atoms with Gasteiger partial charge in [0.15, 0.2) is 0 Å². The third kappa shape index (κ3) is 3.45. The summed E-state index contributed by atoms with van der Waals surface area (Å²) >= 11 is 16.3. The Morgan fingerprint density at radius 2 is 2.00 bits per heavy atom. The average molecular weight is 266 g/mol. The highest BCUT2D eigenvalue weighted by Gasteiger charge is 2.09. The second-order valence-corrected chi connectivity index (χ2v) is 4.33. The Balaban J connectivity index is 2.95. The van der Waals surface area contributed by atoms with Crippen molar-refractivity contribution in [3.63, 3.8) is 0 Å². The van der Waals surface area contributed by atoms with Crippen LogP contribution in [0.1, 0.15) is 5.56 Å². The molecule has 0 fully saturated rings. The highest BCUT2D eigenvalue weighted by molar-refractivity contribution is 7.80. The fourth-order valence-electron chi connectivity index (χ4n) is 1.19. The summed E-state index contributed by atoms with van der Waals surface area (Å²) in [5.41, 5.74) is 0.971. The van der Waals surface area contributed by atoms with Crippen LogP contribution in [0, 0.1) is 0 Å². The standard InChI is InChI=1S/C10H13Cl2NOS/c1-13(6-15)5-7-3-9(12)10(14-2)4-8(7)11/h3-4,15H,5-6H2,1-2H3. The summed E-state index contributed by atoms with van der Waals surface area (Å²) in [4.78, 5) is 2.02. The molecule has 0 radical (unpaired) electrons. The Labute approximate surface area is 106 Å². The maximum atomic E-state index is 6.09. The van der Waals surface area contributed by atoms with E-state index >= 15 is 0 Å². The lowest BCUT2D eigenvalue weighted by Crippen LogP contribution is -2.15. The Hall–Kier alpha value is -0.0900. The van der Waals surface area contributed by atoms with Gasteiger partial charge in [-0.25, -0.2) is 0 Å². The lowest BCUT2D eigenvalue weighted by Gasteiger charge is -2.15. The molecular weight excluding hydrogens is 253 g/mol. The van der Waals surface area contributed by atoms with E-state index in [2.05, 4.69) is 12.6 Å². The van der Waals surface area contributed by atoms with Gasteiger partial charge in [-0.05, 0) is 18.7 Å². The largest absolute Gasteiger partial charge is 0.495 e. The number of ether oxygens (including phenoxy) is 1. The van der Waals surface area contributed by atoms with Crippen molar-refractivity contribution in [3.8, 4) is 5.75 Å². The topological polar surface area (TPSA) is 12.5 Å². The van der Waals surface area contributed by atoms with Crippen LogP contribution in [0.4, 0.5) is 0 Å². The summed E-state index contributed by atoms with van der Waals surface area (Å²) in [6.45, 7) is 0.714. The molecule has 0 heterocycles. The third-order valence-corrected chi connectivity index (χ3v) is 3.13. The molecule has 1 aromatic carbocycles. The van der Waals surface area contributed by atoms with Crippen molar-refractivity contribution < 1.29 is 4.74 Å². The summed E-state index contributed by atoms with van der Waals surface area (Å²) in [5, 5.41) is 1.23. The minimum Gasteiger partial charge on any atom is -0.495 e. The van der Waals surface area contributed by atoms with Gasteiger partial charge in [-0.3, -0.25) is 4.90 Å². The summed E-state index contributed by atoms with van der Waals surface area (Å²) in [7, 11) is 3.53. The average Bonchev–Trinajstić information content (AvgIpc) is 2.22. The molecular formula is C10H13Cl2NOS. The second kappa shape index (κ2) is 5.85. The second-order valence-electron chi connectivity index (χ2n) is 3.23. The van der Waals surface area contributed by atoms with Crippen LogP contribution in [0.25, 0.3) is 0 Å². The monoisotopic (exact) mass is 265 g/mol. The molecule has 84 valence electrons. The van der Waals surface area contributed by atoms with Crippen molar-refractivity contribution in [3.05, 3.63) is 27.7 Å². The molecule has 0 aliphatic rings. The van der Waals surface area contributed by atoms with E-state index in [1.807, 2.05) is 18.0 Å². The van der Waals surface area contributed by atoms with Crippen molar-refractivity contribution >= 4 is 35.8 Å². The van der Waals surface area contributed by atoms with Gasteiger partial charge < -0.3 is 4.74 Å². The van der Waals surface area contributed by atoms with Gasteiger partial charge in [0.2, 0.25) is 0 Å². The van der Waals surface area contributed by atoms with E-state index in [4.69, 9.17) is 27.9 Å². The Bertz CT molecular complexity index is 346. The maximum Gasteiger partial charge on any atom is 0.138 e. The molecule has 0 aliphatic heterocycles. The molecule has 0 saturated carbocycles. The third-order valence-electron chi connectivity index (χ3n) is 2.00. The van der Waals surface area contributed by atoms with Crippen LogP contribution in [0.3, 0.4) is 0 Å². The van der Waals surface area contributed by atoms with Crippen molar-refractivity contribution in [2.24, 2.45) is 0 Å². The number of nitrogens with zero attached hydrogens (tertiary/aromatic N) is 1. The van der Waals surface area contributed by atoms with Gasteiger partial charge in [-0.2, -0.15) is 12.6 Å². The Morgan fingerprint density at radius 3 is 2.53 bits per heavy atom. The molecule has 0 bridgehead atoms. The predicted octanol–water partition coefficient (Wildman–Crippen LogP) is 3.32. The SMILES string of the molecule is COc1cc(Cl)c(CN(C)CS)cc1Cl. The number of benzene rings is 1. The minimum atomic E-state index is 0.574. The van der Waals surface area contributed by atoms with Crippen molar-refractivity contribution in [1.29, 1.82) is 0 Å². The zero-order chi connectivity index (χ0) is 11.4. The number of methoxy groups -OCH3 is 1. The number of hydrogen-bond acceptors (Lipinski definition) is 3. The van der Waals surface area contributed by atoms with Gasteiger partial charge in [-0.15, -0.1) is 0 Å². The first kappa shape index (κ1) is 13.0. The maximum absolute atomic E-state index is 6.09. The van der Waals surface area contributed by atoms with Crippen LogP contribution in [0.15, 0.2) is 12.1 Å². The van der Waals surface area contributed by atoms with Gasteiger partial charge in [0.05, 0.1) is 12.1 Å². The molecule has 0 N–H and O–H groups in total. The summed E-state index contributed by atoms with van der Waals surface area (Å²) in [6.07, 6.45) is 0. The van der Waals surface area contributed by atoms with Gasteiger partial charge in [-0.1, -0.05) is 23.2 Å². The van der Waals surface area contributed by atoms with E-state index in [1.54, 1.807) is 13.2 Å². The molecule has 0 unspecified atom stereocenters. The first-order valence-electron chi connectivity index (χ1n) is 4.39. The van der Waals surface area contributed by atoms with Gasteiger partial charge in [0.1, 0.15) is 5.75 Å². The molecule has 0 aliphatic carbocycles. The van der Waals surface area contributed by atoms with Crippen molar-refractivity contribution in [1.82, 2.24) is 4.90 Å². The predicted molar refractivity (Wildman–Crippen MR) is 68.3 cm³/mol. The molecule has 0 atom stereocenters. The summed E-state index contributed by atoms with van der Waals surface area (Å²) in [5.74, 6) is 1.26. The lowest BCUT2D eigenvalue weighted by atomic mass is 10.2. The van der Waals surface area contributed by atoms with E-state index in [1.165, 1.54) is 0 Å². The molecule has 1 rings (SSSR count). The van der Waals surface area contributed by atoms with E-state index < -0.39 is 0 Å². The van der Waals surface area contributed by atoms with E-state index in [0.29, 0.717) is 28.2 Å². The van der Waals surface area contributed by atoms with Crippen LogP contribution < -0.4 is 4.74 Å². The molecule has 0 saturated heterocycles. The fraction of sp³-hybridized carbons (Fsp3) is 0.400. The highest BCUT2D eigenvalue weighted by Crippen LogP contribution is 2.31. The van der Waals surface area contributed by atoms with Crippen LogP contribution in [0.2, 0.25) is 10.0 Å². The highest BCUT2D eigenvalue weighted by atomic mass is 35.5. The summed E-state index contributed by atoms with van der Waals surface area (Å²) < 4.78 is 5.07. The van der Waals surface area contributed by atoms with Gasteiger partial charge in [0.25, 0.3) is 0 Å². The molecule has 0 spiro atoms. The van der Waals surface area contributed by atoms with E-state index in [0.717, 1.165) is 5.56 Å². The quantitative estimate of drug-likeness (QED) is 0.663. The Kier molecular flexibility index (Phi) is 5.06. The molecule has 0 aromatic heterocycles. The zero-order valence-electron chi connectivity index (χ0n) is 8.63. The van der Waals surface area contributed by atoms with E-state index in [9.17, 15) is 0 Å². The van der Waals surface area contributed by atoms with Crippen molar-refractivity contribution in [2.75, 3.05) is 20.0 Å². The van der Waals surface area contributed by atoms with Gasteiger partial charge in [0, 0.05) is 23.5 Å². The molecule has 2 nitrogen and oxygen atoms in total. The number of hydrogen-bond donors (Lipinski definition) is 1. The molecule has 0 amide bonds. The molecule has 15 heavy (non-hydrogen) atoms. The van der Waals surface area contributed by atoms with Gasteiger partial charge >= 0.3 is 0 Å². The van der Waals surface area contributed by atoms with Crippen LogP contribution >= 0.6 is 35.8 Å². The smallest absolute Gasteiger partial charge is 0.138 e. The van der Waals surface area contributed by atoms with Crippen LogP contribution in [-0.2, 0) is 6.54 Å². The number of halogens is 2. The zero-order valence-corrected chi connectivity index (χ0v) is 11.0. The minimum absolute atomic E-state index is 0.574. The number of thiol groups is 1. The lowest BCUT2D eigenvalue weighted by molar-refractivity contribution is 0.386. The summed E-state index contributed by atoms with van der Waals surface area (Å²) in [6, 6.07) is 3.55. The fourth-order valence-corrected chi connectivity index (χ4v) is 1.76. The Morgan fingerprint density at radius 1 is 1.33 bits per heavy atom. The van der Waals surface area contributed by atoms with Crippen LogP contribution in [-0.4, -0.2) is 24.9 Å². The number of rotatable bonds is 4.